The zero-order valence-electron chi connectivity index (χ0n) is 13.4. The Morgan fingerprint density at radius 2 is 2.21 bits per heavy atom. The van der Waals surface area contributed by atoms with Gasteiger partial charge in [-0.3, -0.25) is 4.79 Å². The minimum Gasteiger partial charge on any atom is -0.378 e. The maximum atomic E-state index is 12.9. The van der Waals surface area contributed by atoms with Crippen molar-refractivity contribution in [3.8, 4) is 0 Å². The topological polar surface area (TPSA) is 60.3 Å². The van der Waals surface area contributed by atoms with E-state index in [0.29, 0.717) is 38.4 Å². The van der Waals surface area contributed by atoms with E-state index in [2.05, 4.69) is 16.1 Å². The molecular weight excluding hydrogens is 324 g/mol. The molecule has 0 bridgehead atoms. The standard InChI is InChI=1S/C17H18N4O2S/c1-12-9-14(17(22)20-4-6-23-7-5-20)15-10-18-21(16(15)19-12)11-13-3-2-8-24-13/h2-3,8-10H,4-7,11H2,1H3. The first-order chi connectivity index (χ1) is 11.7. The lowest BCUT2D eigenvalue weighted by Gasteiger charge is -2.27. The number of carbonyl (C=O) groups is 1. The molecule has 1 aliphatic heterocycles. The number of aromatic nitrogens is 3. The molecule has 7 heteroatoms. The van der Waals surface area contributed by atoms with Crippen molar-refractivity contribution >= 4 is 28.3 Å². The molecule has 0 N–H and O–H groups in total. The van der Waals surface area contributed by atoms with E-state index in [1.54, 1.807) is 17.5 Å². The zero-order chi connectivity index (χ0) is 16.5. The summed E-state index contributed by atoms with van der Waals surface area (Å²) < 4.78 is 7.20. The molecule has 6 nitrogen and oxygen atoms in total. The van der Waals surface area contributed by atoms with Gasteiger partial charge >= 0.3 is 0 Å². The predicted molar refractivity (Wildman–Crippen MR) is 92.4 cm³/mol. The summed E-state index contributed by atoms with van der Waals surface area (Å²) in [4.78, 5) is 20.6. The van der Waals surface area contributed by atoms with E-state index < -0.39 is 0 Å². The Hall–Kier alpha value is -2.25. The summed E-state index contributed by atoms with van der Waals surface area (Å²) in [6.07, 6.45) is 1.75. The summed E-state index contributed by atoms with van der Waals surface area (Å²) in [6, 6.07) is 5.96. The van der Waals surface area contributed by atoms with Crippen LogP contribution in [0.5, 0.6) is 0 Å². The molecule has 124 valence electrons. The lowest BCUT2D eigenvalue weighted by atomic mass is 10.1. The number of aryl methyl sites for hydroxylation is 1. The van der Waals surface area contributed by atoms with E-state index in [-0.39, 0.29) is 5.91 Å². The molecule has 3 aromatic rings. The van der Waals surface area contributed by atoms with E-state index in [0.717, 1.165) is 16.7 Å². The molecule has 0 saturated carbocycles. The van der Waals surface area contributed by atoms with Crippen LogP contribution in [0.3, 0.4) is 0 Å². The smallest absolute Gasteiger partial charge is 0.254 e. The number of thiophene rings is 1. The van der Waals surface area contributed by atoms with Crippen molar-refractivity contribution in [2.45, 2.75) is 13.5 Å². The van der Waals surface area contributed by atoms with Gasteiger partial charge in [-0.1, -0.05) is 6.07 Å². The summed E-state index contributed by atoms with van der Waals surface area (Å²) in [5.41, 5.74) is 2.27. The van der Waals surface area contributed by atoms with Gasteiger partial charge in [-0.25, -0.2) is 9.67 Å². The second kappa shape index (κ2) is 6.33. The highest BCUT2D eigenvalue weighted by Gasteiger charge is 2.22. The summed E-state index contributed by atoms with van der Waals surface area (Å²) in [6.45, 7) is 5.03. The fourth-order valence-corrected chi connectivity index (χ4v) is 3.64. The molecule has 0 atom stereocenters. The van der Waals surface area contributed by atoms with Gasteiger partial charge in [-0.2, -0.15) is 5.10 Å². The SMILES string of the molecule is Cc1cc(C(=O)N2CCOCC2)c2cnn(Cc3cccs3)c2n1. The Morgan fingerprint density at radius 1 is 1.38 bits per heavy atom. The van der Waals surface area contributed by atoms with Crippen LogP contribution >= 0.6 is 11.3 Å². The van der Waals surface area contributed by atoms with Gasteiger partial charge in [0.05, 0.1) is 36.9 Å². The predicted octanol–water partition coefficient (Wildman–Crippen LogP) is 2.32. The third-order valence-electron chi connectivity index (χ3n) is 4.15. The van der Waals surface area contributed by atoms with Gasteiger partial charge in [0.2, 0.25) is 0 Å². The second-order valence-corrected chi connectivity index (χ2v) is 6.87. The highest BCUT2D eigenvalue weighted by atomic mass is 32.1. The zero-order valence-corrected chi connectivity index (χ0v) is 14.3. The van der Waals surface area contributed by atoms with E-state index in [4.69, 9.17) is 4.74 Å². The number of rotatable bonds is 3. The molecule has 1 saturated heterocycles. The number of hydrogen-bond acceptors (Lipinski definition) is 5. The van der Waals surface area contributed by atoms with Crippen LogP contribution in [0.4, 0.5) is 0 Å². The Bertz CT molecular complexity index is 866. The molecule has 24 heavy (non-hydrogen) atoms. The van der Waals surface area contributed by atoms with Gasteiger partial charge in [-0.05, 0) is 24.4 Å². The molecule has 4 heterocycles. The highest BCUT2D eigenvalue weighted by Crippen LogP contribution is 2.22. The number of hydrogen-bond donors (Lipinski definition) is 0. The van der Waals surface area contributed by atoms with Crippen LogP contribution in [-0.2, 0) is 11.3 Å². The average Bonchev–Trinajstić information content (AvgIpc) is 3.25. The number of fused-ring (bicyclic) bond motifs is 1. The van der Waals surface area contributed by atoms with Crippen molar-refractivity contribution in [1.29, 1.82) is 0 Å². The first-order valence-electron chi connectivity index (χ1n) is 7.95. The van der Waals surface area contributed by atoms with Gasteiger partial charge in [0.1, 0.15) is 0 Å². The number of amides is 1. The summed E-state index contributed by atoms with van der Waals surface area (Å²) in [5.74, 6) is 0.0319. The van der Waals surface area contributed by atoms with Crippen LogP contribution in [0.1, 0.15) is 20.9 Å². The van der Waals surface area contributed by atoms with Gasteiger partial charge in [0.25, 0.3) is 5.91 Å². The lowest BCUT2D eigenvalue weighted by molar-refractivity contribution is 0.0304. The van der Waals surface area contributed by atoms with E-state index in [1.807, 2.05) is 34.0 Å². The maximum Gasteiger partial charge on any atom is 0.254 e. The summed E-state index contributed by atoms with van der Waals surface area (Å²) in [7, 11) is 0. The Labute approximate surface area is 143 Å². The number of morpholine rings is 1. The Balaban J connectivity index is 1.73. The van der Waals surface area contributed by atoms with Crippen molar-refractivity contribution in [3.63, 3.8) is 0 Å². The van der Waals surface area contributed by atoms with Crippen LogP contribution in [0.25, 0.3) is 11.0 Å². The fourth-order valence-electron chi connectivity index (χ4n) is 2.95. The summed E-state index contributed by atoms with van der Waals surface area (Å²) in [5, 5.41) is 7.33. The molecule has 0 aromatic carbocycles. The largest absolute Gasteiger partial charge is 0.378 e. The highest BCUT2D eigenvalue weighted by molar-refractivity contribution is 7.09. The minimum absolute atomic E-state index is 0.0319. The molecule has 3 aromatic heterocycles. The Kier molecular flexibility index (Phi) is 4.03. The molecule has 0 spiro atoms. The number of nitrogens with zero attached hydrogens (tertiary/aromatic N) is 4. The first kappa shape index (κ1) is 15.3. The van der Waals surface area contributed by atoms with Crippen molar-refractivity contribution in [2.24, 2.45) is 0 Å². The van der Waals surface area contributed by atoms with Crippen molar-refractivity contribution in [1.82, 2.24) is 19.7 Å². The van der Waals surface area contributed by atoms with Gasteiger partial charge in [0.15, 0.2) is 5.65 Å². The van der Waals surface area contributed by atoms with Crippen LogP contribution < -0.4 is 0 Å². The van der Waals surface area contributed by atoms with Crippen molar-refractivity contribution in [3.05, 3.63) is 45.9 Å². The van der Waals surface area contributed by atoms with Gasteiger partial charge in [-0.15, -0.1) is 11.3 Å². The normalized spacial score (nSPS) is 15.1. The second-order valence-electron chi connectivity index (χ2n) is 5.83. The van der Waals surface area contributed by atoms with E-state index in [1.165, 1.54) is 4.88 Å². The van der Waals surface area contributed by atoms with Crippen LogP contribution in [0, 0.1) is 6.92 Å². The third kappa shape index (κ3) is 2.81. The molecule has 1 amide bonds. The molecular formula is C17H18N4O2S. The fraction of sp³-hybridized carbons (Fsp3) is 0.353. The number of carbonyl (C=O) groups excluding carboxylic acids is 1. The molecule has 1 fully saturated rings. The van der Waals surface area contributed by atoms with Crippen molar-refractivity contribution in [2.75, 3.05) is 26.3 Å². The average molecular weight is 342 g/mol. The van der Waals surface area contributed by atoms with Gasteiger partial charge in [0, 0.05) is 23.7 Å². The quantitative estimate of drug-likeness (QED) is 0.733. The summed E-state index contributed by atoms with van der Waals surface area (Å²) >= 11 is 1.69. The number of ether oxygens (including phenoxy) is 1. The van der Waals surface area contributed by atoms with E-state index in [9.17, 15) is 4.79 Å². The first-order valence-corrected chi connectivity index (χ1v) is 8.83. The minimum atomic E-state index is 0.0319. The maximum absolute atomic E-state index is 12.9. The third-order valence-corrected chi connectivity index (χ3v) is 5.01. The van der Waals surface area contributed by atoms with Gasteiger partial charge < -0.3 is 9.64 Å². The molecule has 0 aliphatic carbocycles. The molecule has 1 aliphatic rings. The van der Waals surface area contributed by atoms with E-state index >= 15 is 0 Å². The van der Waals surface area contributed by atoms with Crippen LogP contribution in [0.2, 0.25) is 0 Å². The molecule has 0 radical (unpaired) electrons. The van der Waals surface area contributed by atoms with Crippen LogP contribution in [-0.4, -0.2) is 51.9 Å². The molecule has 4 rings (SSSR count). The number of pyridine rings is 1. The Morgan fingerprint density at radius 3 is 2.96 bits per heavy atom. The van der Waals surface area contributed by atoms with Crippen molar-refractivity contribution < 1.29 is 9.53 Å². The monoisotopic (exact) mass is 342 g/mol. The molecule has 0 unspecified atom stereocenters. The lowest BCUT2D eigenvalue weighted by Crippen LogP contribution is -2.40. The van der Waals surface area contributed by atoms with Crippen LogP contribution in [0.15, 0.2) is 29.8 Å².